The number of thioether (sulfide) groups is 1. The molecule has 0 atom stereocenters. The van der Waals surface area contributed by atoms with Crippen molar-refractivity contribution < 1.29 is 19.1 Å². The maximum absolute atomic E-state index is 12.7. The zero-order chi connectivity index (χ0) is 23.0. The lowest BCUT2D eigenvalue weighted by molar-refractivity contribution is -0.123. The number of ether oxygens (including phenoxy) is 1. The number of nitrogens with one attached hydrogen (secondary N) is 2. The number of nitrogens with zero attached hydrogens (tertiary/aromatic N) is 2. The second-order valence-corrected chi connectivity index (χ2v) is 10.4. The first-order chi connectivity index (χ1) is 15.9. The number of para-hydroxylation sites is 1. The van der Waals surface area contributed by atoms with E-state index in [2.05, 4.69) is 15.6 Å². The van der Waals surface area contributed by atoms with E-state index in [1.54, 1.807) is 4.57 Å². The molecule has 9 heteroatoms. The second kappa shape index (κ2) is 8.85. The van der Waals surface area contributed by atoms with Crippen molar-refractivity contribution in [3.05, 3.63) is 42.2 Å². The summed E-state index contributed by atoms with van der Waals surface area (Å²) in [5.41, 5.74) is 0.800. The van der Waals surface area contributed by atoms with Crippen LogP contribution in [0.1, 0.15) is 49.0 Å². The predicted octanol–water partition coefficient (Wildman–Crippen LogP) is 3.55. The Morgan fingerprint density at radius 2 is 1.73 bits per heavy atom. The SMILES string of the molecule is CSc1ncc(C(=O)OCC(=O)NC(=O)NC23CC4CC(CC(C4)C2)C3)n1-c1ccccc1. The maximum atomic E-state index is 12.7. The van der Waals surface area contributed by atoms with Crippen LogP contribution < -0.4 is 10.6 Å². The number of urea groups is 1. The molecule has 1 aromatic heterocycles. The first-order valence-corrected chi connectivity index (χ1v) is 12.6. The number of esters is 1. The van der Waals surface area contributed by atoms with Gasteiger partial charge in [-0.3, -0.25) is 14.7 Å². The fourth-order valence-electron chi connectivity index (χ4n) is 6.35. The number of benzene rings is 1. The normalized spacial score (nSPS) is 27.2. The van der Waals surface area contributed by atoms with Gasteiger partial charge in [0.1, 0.15) is 0 Å². The standard InChI is InChI=1S/C24H28N4O4S/c1-33-23-25-13-19(28(23)18-5-3-2-4-6-18)21(30)32-14-20(29)26-22(31)27-24-10-15-7-16(11-24)9-17(8-15)12-24/h2-6,13,15-17H,7-12,14H2,1H3,(H2,26,27,29,31). The maximum Gasteiger partial charge on any atom is 0.357 e. The third-order valence-corrected chi connectivity index (χ3v) is 7.79. The van der Waals surface area contributed by atoms with Gasteiger partial charge in [0.2, 0.25) is 0 Å². The summed E-state index contributed by atoms with van der Waals surface area (Å²) in [6.45, 7) is -0.540. The lowest BCUT2D eigenvalue weighted by Crippen LogP contribution is -2.62. The highest BCUT2D eigenvalue weighted by Gasteiger charge is 2.51. The van der Waals surface area contributed by atoms with E-state index in [9.17, 15) is 14.4 Å². The molecule has 8 nitrogen and oxygen atoms in total. The van der Waals surface area contributed by atoms with Gasteiger partial charge in [-0.15, -0.1) is 0 Å². The average molecular weight is 469 g/mol. The van der Waals surface area contributed by atoms with Gasteiger partial charge in [0.15, 0.2) is 17.5 Å². The summed E-state index contributed by atoms with van der Waals surface area (Å²) >= 11 is 1.40. The molecular weight excluding hydrogens is 440 g/mol. The molecule has 4 fully saturated rings. The third-order valence-electron chi connectivity index (χ3n) is 7.14. The molecule has 4 aliphatic rings. The number of rotatable bonds is 6. The fraction of sp³-hybridized carbons (Fsp3) is 0.500. The highest BCUT2D eigenvalue weighted by Crippen LogP contribution is 2.55. The number of carbonyl (C=O) groups is 3. The van der Waals surface area contributed by atoms with Gasteiger partial charge < -0.3 is 10.1 Å². The second-order valence-electron chi connectivity index (χ2n) is 9.58. The van der Waals surface area contributed by atoms with E-state index in [1.165, 1.54) is 37.2 Å². The van der Waals surface area contributed by atoms with Crippen LogP contribution in [-0.2, 0) is 9.53 Å². The van der Waals surface area contributed by atoms with Gasteiger partial charge in [-0.05, 0) is 74.7 Å². The summed E-state index contributed by atoms with van der Waals surface area (Å²) in [5.74, 6) is 0.737. The third kappa shape index (κ3) is 4.51. The molecule has 6 rings (SSSR count). The van der Waals surface area contributed by atoms with Crippen LogP contribution in [-0.4, -0.2) is 45.9 Å². The number of hydrogen-bond acceptors (Lipinski definition) is 6. The molecule has 1 heterocycles. The lowest BCUT2D eigenvalue weighted by atomic mass is 9.53. The van der Waals surface area contributed by atoms with Gasteiger partial charge in [0.05, 0.1) is 6.20 Å². The van der Waals surface area contributed by atoms with Crippen molar-refractivity contribution in [2.75, 3.05) is 12.9 Å². The molecule has 33 heavy (non-hydrogen) atoms. The van der Waals surface area contributed by atoms with Crippen LogP contribution in [0.2, 0.25) is 0 Å². The van der Waals surface area contributed by atoms with Crippen LogP contribution in [0.15, 0.2) is 41.7 Å². The summed E-state index contributed by atoms with van der Waals surface area (Å²) in [6, 6.07) is 8.83. The first kappa shape index (κ1) is 22.0. The minimum atomic E-state index is -0.678. The van der Waals surface area contributed by atoms with Crippen molar-refractivity contribution >= 4 is 29.7 Å². The number of carbonyl (C=O) groups excluding carboxylic acids is 3. The monoisotopic (exact) mass is 468 g/mol. The van der Waals surface area contributed by atoms with Crippen molar-refractivity contribution in [2.24, 2.45) is 17.8 Å². The molecule has 4 bridgehead atoms. The van der Waals surface area contributed by atoms with Crippen molar-refractivity contribution in [2.45, 2.75) is 49.2 Å². The van der Waals surface area contributed by atoms with E-state index in [0.717, 1.165) is 24.9 Å². The molecule has 3 amide bonds. The van der Waals surface area contributed by atoms with Gasteiger partial charge in [-0.1, -0.05) is 30.0 Å². The van der Waals surface area contributed by atoms with Gasteiger partial charge in [0.25, 0.3) is 5.91 Å². The Morgan fingerprint density at radius 1 is 1.09 bits per heavy atom. The number of aromatic nitrogens is 2. The lowest BCUT2D eigenvalue weighted by Gasteiger charge is -2.56. The van der Waals surface area contributed by atoms with E-state index in [0.29, 0.717) is 22.9 Å². The molecule has 0 unspecified atom stereocenters. The van der Waals surface area contributed by atoms with Crippen LogP contribution in [0.25, 0.3) is 5.69 Å². The van der Waals surface area contributed by atoms with Crippen molar-refractivity contribution in [1.82, 2.24) is 20.2 Å². The van der Waals surface area contributed by atoms with Crippen molar-refractivity contribution in [3.63, 3.8) is 0 Å². The summed E-state index contributed by atoms with van der Waals surface area (Å²) in [5, 5.41) is 6.05. The predicted molar refractivity (Wildman–Crippen MR) is 123 cm³/mol. The highest BCUT2D eigenvalue weighted by molar-refractivity contribution is 7.98. The van der Waals surface area contributed by atoms with E-state index in [1.807, 2.05) is 36.6 Å². The number of hydrogen-bond donors (Lipinski definition) is 2. The van der Waals surface area contributed by atoms with Crippen LogP contribution in [0.3, 0.4) is 0 Å². The molecule has 1 aromatic carbocycles. The first-order valence-electron chi connectivity index (χ1n) is 11.4. The Morgan fingerprint density at radius 3 is 2.33 bits per heavy atom. The molecule has 0 saturated heterocycles. The van der Waals surface area contributed by atoms with Crippen molar-refractivity contribution in [3.8, 4) is 5.69 Å². The van der Waals surface area contributed by atoms with E-state index >= 15 is 0 Å². The smallest absolute Gasteiger partial charge is 0.357 e. The van der Waals surface area contributed by atoms with Crippen LogP contribution in [0.5, 0.6) is 0 Å². The summed E-state index contributed by atoms with van der Waals surface area (Å²) in [4.78, 5) is 41.8. The molecule has 0 spiro atoms. The quantitative estimate of drug-likeness (QED) is 0.497. The summed E-state index contributed by atoms with van der Waals surface area (Å²) < 4.78 is 6.89. The Kier molecular flexibility index (Phi) is 5.90. The number of amides is 3. The topological polar surface area (TPSA) is 102 Å². The zero-order valence-corrected chi connectivity index (χ0v) is 19.4. The minimum absolute atomic E-state index is 0.188. The van der Waals surface area contributed by atoms with Gasteiger partial charge in [0, 0.05) is 11.2 Å². The van der Waals surface area contributed by atoms with Crippen molar-refractivity contribution in [1.29, 1.82) is 0 Å². The van der Waals surface area contributed by atoms with Crippen LogP contribution in [0.4, 0.5) is 4.79 Å². The molecule has 0 aliphatic heterocycles. The molecule has 174 valence electrons. The van der Waals surface area contributed by atoms with Gasteiger partial charge in [-0.25, -0.2) is 14.6 Å². The van der Waals surface area contributed by atoms with Gasteiger partial charge >= 0.3 is 12.0 Å². The fourth-order valence-corrected chi connectivity index (χ4v) is 6.90. The Balaban J connectivity index is 1.17. The summed E-state index contributed by atoms with van der Waals surface area (Å²) in [6.07, 6.45) is 10.1. The molecule has 4 aliphatic carbocycles. The zero-order valence-electron chi connectivity index (χ0n) is 18.6. The Bertz CT molecular complexity index is 1030. The molecule has 4 saturated carbocycles. The molecule has 2 aromatic rings. The van der Waals surface area contributed by atoms with E-state index in [4.69, 9.17) is 4.74 Å². The van der Waals surface area contributed by atoms with Crippen LogP contribution >= 0.6 is 11.8 Å². The Labute approximate surface area is 196 Å². The number of imidazole rings is 1. The molecular formula is C24H28N4O4S. The Hall–Kier alpha value is -2.81. The van der Waals surface area contributed by atoms with Crippen LogP contribution in [0, 0.1) is 17.8 Å². The minimum Gasteiger partial charge on any atom is -0.451 e. The highest BCUT2D eigenvalue weighted by atomic mass is 32.2. The largest absolute Gasteiger partial charge is 0.451 e. The average Bonchev–Trinajstić information content (AvgIpc) is 3.21. The molecule has 2 N–H and O–H groups in total. The molecule has 0 radical (unpaired) electrons. The van der Waals surface area contributed by atoms with E-state index < -0.39 is 24.5 Å². The summed E-state index contributed by atoms with van der Waals surface area (Å²) in [7, 11) is 0. The number of imide groups is 1. The van der Waals surface area contributed by atoms with Gasteiger partial charge in [-0.2, -0.15) is 0 Å². The van der Waals surface area contributed by atoms with E-state index in [-0.39, 0.29) is 11.2 Å².